The number of nitriles is 1. The van der Waals surface area contributed by atoms with Crippen molar-refractivity contribution in [2.45, 2.75) is 24.0 Å². The third-order valence-corrected chi connectivity index (χ3v) is 2.85. The average Bonchev–Trinajstić information content (AvgIpc) is 2.64. The third kappa shape index (κ3) is 1.78. The number of aromatic nitrogens is 2. The van der Waals surface area contributed by atoms with E-state index in [1.807, 2.05) is 0 Å². The highest BCUT2D eigenvalue weighted by Crippen LogP contribution is 2.33. The van der Waals surface area contributed by atoms with Crippen molar-refractivity contribution in [2.24, 2.45) is 0 Å². The van der Waals surface area contributed by atoms with Crippen LogP contribution in [0.3, 0.4) is 0 Å². The first kappa shape index (κ1) is 13.2. The average molecular weight is 266 g/mol. The quantitative estimate of drug-likeness (QED) is 0.490. The van der Waals surface area contributed by atoms with Crippen molar-refractivity contribution in [2.75, 3.05) is 5.73 Å². The minimum atomic E-state index is -2.22. The smallest absolute Gasteiger partial charge is 0.352 e. The molecule has 9 nitrogen and oxygen atoms in total. The van der Waals surface area contributed by atoms with Gasteiger partial charge in [-0.3, -0.25) is 4.57 Å². The van der Waals surface area contributed by atoms with Crippen LogP contribution >= 0.6 is 0 Å². The molecule has 100 valence electrons. The van der Waals surface area contributed by atoms with Gasteiger partial charge in [-0.05, 0) is 6.07 Å². The molecule has 0 radical (unpaired) electrons. The van der Waals surface area contributed by atoms with Gasteiger partial charge in [-0.1, -0.05) is 0 Å². The van der Waals surface area contributed by atoms with E-state index in [1.54, 1.807) is 6.07 Å². The predicted octanol–water partition coefficient (Wildman–Crippen LogP) is -2.68. The first-order valence-electron chi connectivity index (χ1n) is 5.22. The van der Waals surface area contributed by atoms with Gasteiger partial charge in [0.15, 0.2) is 6.29 Å². The highest BCUT2D eigenvalue weighted by molar-refractivity contribution is 5.58. The van der Waals surface area contributed by atoms with Crippen molar-refractivity contribution in [3.05, 3.63) is 22.7 Å². The second-order valence-electron chi connectivity index (χ2n) is 3.97. The van der Waals surface area contributed by atoms with E-state index in [9.17, 15) is 25.1 Å². The molecule has 1 saturated heterocycles. The Kier molecular flexibility index (Phi) is 3.07. The topological polar surface area (TPSA) is 151 Å². The molecule has 0 aliphatic carbocycles. The maximum absolute atomic E-state index is 11.7. The SMILES string of the molecule is N#CC1(n2ccc(N)nc2=O)OC(C=O)C(O)C1O. The first-order valence-corrected chi connectivity index (χ1v) is 5.22. The summed E-state index contributed by atoms with van der Waals surface area (Å²) >= 11 is 0. The third-order valence-electron chi connectivity index (χ3n) is 2.85. The molecule has 1 aliphatic rings. The molecule has 0 bridgehead atoms. The van der Waals surface area contributed by atoms with Crippen LogP contribution in [0.1, 0.15) is 0 Å². The number of nitrogens with zero attached hydrogens (tertiary/aromatic N) is 3. The summed E-state index contributed by atoms with van der Waals surface area (Å²) < 4.78 is 5.71. The van der Waals surface area contributed by atoms with Gasteiger partial charge in [0.25, 0.3) is 5.72 Å². The molecular formula is C10H10N4O5. The second-order valence-corrected chi connectivity index (χ2v) is 3.97. The monoisotopic (exact) mass is 266 g/mol. The number of aliphatic hydroxyl groups excluding tert-OH is 2. The summed E-state index contributed by atoms with van der Waals surface area (Å²) in [5.74, 6) is -0.0747. The lowest BCUT2D eigenvalue weighted by molar-refractivity contribution is -0.131. The van der Waals surface area contributed by atoms with E-state index in [0.717, 1.165) is 6.20 Å². The number of aldehydes is 1. The highest BCUT2D eigenvalue weighted by atomic mass is 16.6. The van der Waals surface area contributed by atoms with Crippen LogP contribution in [0.25, 0.3) is 0 Å². The standard InChI is InChI=1S/C10H10N4O5/c11-4-10(8(17)7(16)5(3-15)19-10)14-2-1-6(12)13-9(14)18/h1-3,5,7-8,16-17H,(H2,12,13,18). The van der Waals surface area contributed by atoms with E-state index in [4.69, 9.17) is 10.5 Å². The van der Waals surface area contributed by atoms with Gasteiger partial charge in [0.2, 0.25) is 0 Å². The highest BCUT2D eigenvalue weighted by Gasteiger charge is 2.57. The molecule has 4 atom stereocenters. The molecule has 4 unspecified atom stereocenters. The van der Waals surface area contributed by atoms with E-state index in [0.29, 0.717) is 4.57 Å². The van der Waals surface area contributed by atoms with E-state index < -0.39 is 29.7 Å². The van der Waals surface area contributed by atoms with Gasteiger partial charge in [-0.25, -0.2) is 4.79 Å². The van der Waals surface area contributed by atoms with Gasteiger partial charge in [0.05, 0.1) is 0 Å². The zero-order valence-electron chi connectivity index (χ0n) is 9.50. The van der Waals surface area contributed by atoms with E-state index >= 15 is 0 Å². The molecule has 4 N–H and O–H groups in total. The van der Waals surface area contributed by atoms with Gasteiger partial charge in [0, 0.05) is 6.20 Å². The van der Waals surface area contributed by atoms with Gasteiger partial charge in [0.1, 0.15) is 30.2 Å². The van der Waals surface area contributed by atoms with Crippen LogP contribution in [0.2, 0.25) is 0 Å². The normalized spacial score (nSPS) is 33.8. The Labute approximate surface area is 106 Å². The Balaban J connectivity index is 2.59. The number of rotatable bonds is 2. The molecule has 1 fully saturated rings. The predicted molar refractivity (Wildman–Crippen MR) is 59.4 cm³/mol. The maximum atomic E-state index is 11.7. The van der Waals surface area contributed by atoms with Crippen molar-refractivity contribution in [1.82, 2.24) is 9.55 Å². The minimum absolute atomic E-state index is 0.0747. The number of nitrogens with two attached hydrogens (primary N) is 1. The fourth-order valence-electron chi connectivity index (χ4n) is 1.88. The molecule has 1 aromatic heterocycles. The Morgan fingerprint density at radius 3 is 2.79 bits per heavy atom. The first-order chi connectivity index (χ1) is 8.96. The number of carbonyl (C=O) groups is 1. The second kappa shape index (κ2) is 4.43. The molecule has 19 heavy (non-hydrogen) atoms. The summed E-state index contributed by atoms with van der Waals surface area (Å²) in [7, 11) is 0. The van der Waals surface area contributed by atoms with Crippen LogP contribution < -0.4 is 11.4 Å². The van der Waals surface area contributed by atoms with Crippen LogP contribution in [0.5, 0.6) is 0 Å². The number of nitrogen functional groups attached to an aromatic ring is 1. The Hall–Kier alpha value is -2.28. The number of carbonyl (C=O) groups excluding carboxylic acids is 1. The Morgan fingerprint density at radius 1 is 1.63 bits per heavy atom. The molecular weight excluding hydrogens is 256 g/mol. The van der Waals surface area contributed by atoms with Crippen molar-refractivity contribution in [1.29, 1.82) is 5.26 Å². The Morgan fingerprint density at radius 2 is 2.32 bits per heavy atom. The zero-order chi connectivity index (χ0) is 14.2. The molecule has 1 aromatic rings. The molecule has 0 amide bonds. The number of aliphatic hydroxyl groups is 2. The summed E-state index contributed by atoms with van der Waals surface area (Å²) in [4.78, 5) is 25.8. The number of ether oxygens (including phenoxy) is 1. The number of anilines is 1. The van der Waals surface area contributed by atoms with Crippen LogP contribution in [-0.4, -0.2) is 44.4 Å². The Bertz CT molecular complexity index is 609. The molecule has 0 saturated carbocycles. The molecule has 9 heteroatoms. The lowest BCUT2D eigenvalue weighted by Gasteiger charge is -2.25. The van der Waals surface area contributed by atoms with Gasteiger partial charge < -0.3 is 25.5 Å². The number of hydrogen-bond donors (Lipinski definition) is 3. The van der Waals surface area contributed by atoms with Crippen LogP contribution in [0.4, 0.5) is 5.82 Å². The lowest BCUT2D eigenvalue weighted by Crippen LogP contribution is -2.49. The molecule has 2 heterocycles. The maximum Gasteiger partial charge on any atom is 0.352 e. The summed E-state index contributed by atoms with van der Waals surface area (Å²) in [6.07, 6.45) is -3.49. The van der Waals surface area contributed by atoms with E-state index in [2.05, 4.69) is 4.98 Å². The fraction of sp³-hybridized carbons (Fsp3) is 0.400. The molecule has 2 rings (SSSR count). The van der Waals surface area contributed by atoms with Crippen LogP contribution in [-0.2, 0) is 15.3 Å². The van der Waals surface area contributed by atoms with E-state index in [-0.39, 0.29) is 12.1 Å². The van der Waals surface area contributed by atoms with Crippen molar-refractivity contribution >= 4 is 12.1 Å². The molecule has 0 spiro atoms. The summed E-state index contributed by atoms with van der Waals surface area (Å²) in [5, 5.41) is 28.7. The molecule has 1 aliphatic heterocycles. The molecule has 0 aromatic carbocycles. The van der Waals surface area contributed by atoms with Crippen molar-refractivity contribution in [3.63, 3.8) is 0 Å². The largest absolute Gasteiger partial charge is 0.387 e. The van der Waals surface area contributed by atoms with Crippen LogP contribution in [0, 0.1) is 11.3 Å². The van der Waals surface area contributed by atoms with Gasteiger partial charge in [-0.15, -0.1) is 0 Å². The minimum Gasteiger partial charge on any atom is -0.387 e. The van der Waals surface area contributed by atoms with Crippen molar-refractivity contribution < 1.29 is 19.7 Å². The summed E-state index contributed by atoms with van der Waals surface area (Å²) in [6.45, 7) is 0. The lowest BCUT2D eigenvalue weighted by atomic mass is 10.0. The van der Waals surface area contributed by atoms with Crippen molar-refractivity contribution in [3.8, 4) is 6.07 Å². The van der Waals surface area contributed by atoms with Crippen LogP contribution in [0.15, 0.2) is 17.1 Å². The van der Waals surface area contributed by atoms with E-state index in [1.165, 1.54) is 6.07 Å². The summed E-state index contributed by atoms with van der Waals surface area (Å²) in [6, 6.07) is 2.81. The summed E-state index contributed by atoms with van der Waals surface area (Å²) in [5.41, 5.74) is 2.15. The number of hydrogen-bond acceptors (Lipinski definition) is 8. The fourth-order valence-corrected chi connectivity index (χ4v) is 1.88. The van der Waals surface area contributed by atoms with Gasteiger partial charge in [-0.2, -0.15) is 10.2 Å². The van der Waals surface area contributed by atoms with Gasteiger partial charge >= 0.3 is 5.69 Å². The zero-order valence-corrected chi connectivity index (χ0v) is 9.50.